The van der Waals surface area contributed by atoms with Gasteiger partial charge >= 0.3 is 6.03 Å². The fraction of sp³-hybridized carbons (Fsp3) is 0.909. The zero-order valence-electron chi connectivity index (χ0n) is 10.7. The second-order valence-corrected chi connectivity index (χ2v) is 7.83. The standard InChI is InChI=1S/C11H21N3O3S/c1-11(4-7-18(16,17)8-11)13-9-2-5-14(6-3-9)10(12)15/h9,13H,2-8H2,1H3,(H2,12,15). The zero-order valence-corrected chi connectivity index (χ0v) is 11.5. The number of urea groups is 1. The van der Waals surface area contributed by atoms with Crippen LogP contribution in [0.5, 0.6) is 0 Å². The fourth-order valence-corrected chi connectivity index (χ4v) is 4.97. The van der Waals surface area contributed by atoms with E-state index in [2.05, 4.69) is 5.32 Å². The summed E-state index contributed by atoms with van der Waals surface area (Å²) in [5.74, 6) is 0.493. The SMILES string of the molecule is CC1(NC2CCN(C(N)=O)CC2)CCS(=O)(=O)C1. The number of hydrogen-bond acceptors (Lipinski definition) is 4. The summed E-state index contributed by atoms with van der Waals surface area (Å²) in [5.41, 5.74) is 4.92. The lowest BCUT2D eigenvalue weighted by Gasteiger charge is -2.36. The van der Waals surface area contributed by atoms with Crippen LogP contribution in [0.15, 0.2) is 0 Å². The van der Waals surface area contributed by atoms with E-state index in [0.29, 0.717) is 19.5 Å². The molecular weight excluding hydrogens is 254 g/mol. The van der Waals surface area contributed by atoms with Crippen molar-refractivity contribution in [1.82, 2.24) is 10.2 Å². The molecule has 0 aromatic carbocycles. The number of rotatable bonds is 2. The van der Waals surface area contributed by atoms with Crippen LogP contribution in [0.25, 0.3) is 0 Å². The van der Waals surface area contributed by atoms with Crippen molar-refractivity contribution in [2.24, 2.45) is 5.73 Å². The largest absolute Gasteiger partial charge is 0.351 e. The summed E-state index contributed by atoms with van der Waals surface area (Å²) in [4.78, 5) is 12.6. The second-order valence-electron chi connectivity index (χ2n) is 5.65. The van der Waals surface area contributed by atoms with Gasteiger partial charge in [0, 0.05) is 24.7 Å². The predicted molar refractivity (Wildman–Crippen MR) is 69.0 cm³/mol. The Kier molecular flexibility index (Phi) is 3.55. The van der Waals surface area contributed by atoms with Gasteiger partial charge in [-0.2, -0.15) is 0 Å². The summed E-state index contributed by atoms with van der Waals surface area (Å²) >= 11 is 0. The molecule has 2 saturated heterocycles. The molecule has 18 heavy (non-hydrogen) atoms. The van der Waals surface area contributed by atoms with Crippen molar-refractivity contribution in [3.63, 3.8) is 0 Å². The summed E-state index contributed by atoms with van der Waals surface area (Å²) in [6.07, 6.45) is 2.34. The molecule has 2 aliphatic rings. The Morgan fingerprint density at radius 3 is 2.44 bits per heavy atom. The van der Waals surface area contributed by atoms with Gasteiger partial charge in [-0.1, -0.05) is 0 Å². The summed E-state index contributed by atoms with van der Waals surface area (Å²) in [6, 6.07) is -0.0954. The number of nitrogens with one attached hydrogen (secondary N) is 1. The summed E-state index contributed by atoms with van der Waals surface area (Å²) in [7, 11) is -2.88. The molecule has 1 atom stereocenters. The van der Waals surface area contributed by atoms with E-state index in [1.165, 1.54) is 0 Å². The summed E-state index contributed by atoms with van der Waals surface area (Å²) in [6.45, 7) is 3.27. The first-order valence-electron chi connectivity index (χ1n) is 6.32. The maximum atomic E-state index is 11.5. The predicted octanol–water partition coefficient (Wildman–Crippen LogP) is -0.304. The van der Waals surface area contributed by atoms with Crippen LogP contribution in [-0.4, -0.2) is 55.5 Å². The number of hydrogen-bond donors (Lipinski definition) is 2. The highest BCUT2D eigenvalue weighted by molar-refractivity contribution is 7.91. The third kappa shape index (κ3) is 3.14. The van der Waals surface area contributed by atoms with E-state index in [1.807, 2.05) is 6.92 Å². The second kappa shape index (κ2) is 4.70. The minimum atomic E-state index is -2.88. The Hall–Kier alpha value is -0.820. The third-order valence-corrected chi connectivity index (χ3v) is 5.77. The van der Waals surface area contributed by atoms with Gasteiger partial charge in [0.1, 0.15) is 0 Å². The van der Waals surface area contributed by atoms with Crippen LogP contribution in [0.3, 0.4) is 0 Å². The normalized spacial score (nSPS) is 32.6. The Balaban J connectivity index is 1.87. The molecular formula is C11H21N3O3S. The molecule has 2 fully saturated rings. The highest BCUT2D eigenvalue weighted by Gasteiger charge is 2.39. The van der Waals surface area contributed by atoms with E-state index in [-0.39, 0.29) is 29.1 Å². The maximum Gasteiger partial charge on any atom is 0.314 e. The Bertz CT molecular complexity index is 429. The topological polar surface area (TPSA) is 92.5 Å². The molecule has 2 amide bonds. The first-order valence-corrected chi connectivity index (χ1v) is 8.14. The number of nitrogens with zero attached hydrogens (tertiary/aromatic N) is 1. The van der Waals surface area contributed by atoms with Gasteiger partial charge in [-0.15, -0.1) is 0 Å². The van der Waals surface area contributed by atoms with E-state index >= 15 is 0 Å². The van der Waals surface area contributed by atoms with Crippen molar-refractivity contribution in [3.8, 4) is 0 Å². The molecule has 2 aliphatic heterocycles. The quantitative estimate of drug-likeness (QED) is 0.723. The van der Waals surface area contributed by atoms with Crippen LogP contribution >= 0.6 is 0 Å². The van der Waals surface area contributed by atoms with Gasteiger partial charge in [0.05, 0.1) is 11.5 Å². The first kappa shape index (κ1) is 13.6. The number of carbonyl (C=O) groups excluding carboxylic acids is 1. The third-order valence-electron chi connectivity index (χ3n) is 3.86. The molecule has 2 heterocycles. The van der Waals surface area contributed by atoms with Crippen LogP contribution in [0.2, 0.25) is 0 Å². The molecule has 7 heteroatoms. The molecule has 0 spiro atoms. The maximum absolute atomic E-state index is 11.5. The molecule has 0 aliphatic carbocycles. The highest BCUT2D eigenvalue weighted by Crippen LogP contribution is 2.25. The van der Waals surface area contributed by atoms with Gasteiger partial charge in [-0.25, -0.2) is 13.2 Å². The Morgan fingerprint density at radius 2 is 2.00 bits per heavy atom. The number of nitrogens with two attached hydrogens (primary N) is 1. The van der Waals surface area contributed by atoms with Crippen LogP contribution in [0.1, 0.15) is 26.2 Å². The van der Waals surface area contributed by atoms with E-state index in [1.54, 1.807) is 4.90 Å². The van der Waals surface area contributed by atoms with Crippen molar-refractivity contribution in [2.45, 2.75) is 37.8 Å². The average molecular weight is 275 g/mol. The molecule has 0 aromatic heterocycles. The van der Waals surface area contributed by atoms with Gasteiger partial charge in [0.25, 0.3) is 0 Å². The van der Waals surface area contributed by atoms with Gasteiger partial charge in [0.15, 0.2) is 9.84 Å². The Morgan fingerprint density at radius 1 is 1.39 bits per heavy atom. The van der Waals surface area contributed by atoms with Crippen molar-refractivity contribution in [2.75, 3.05) is 24.6 Å². The van der Waals surface area contributed by atoms with Crippen molar-refractivity contribution >= 4 is 15.9 Å². The number of piperidine rings is 1. The molecule has 0 saturated carbocycles. The molecule has 0 aromatic rings. The summed E-state index contributed by atoms with van der Waals surface area (Å²) < 4.78 is 23.0. The molecule has 0 bridgehead atoms. The number of primary amides is 1. The van der Waals surface area contributed by atoms with Crippen LogP contribution in [-0.2, 0) is 9.84 Å². The molecule has 1 unspecified atom stereocenters. The minimum Gasteiger partial charge on any atom is -0.351 e. The number of likely N-dealkylation sites (tertiary alicyclic amines) is 1. The average Bonchev–Trinajstić information content (AvgIpc) is 2.53. The number of carbonyl (C=O) groups is 1. The highest BCUT2D eigenvalue weighted by atomic mass is 32.2. The lowest BCUT2D eigenvalue weighted by Crippen LogP contribution is -2.54. The van der Waals surface area contributed by atoms with E-state index in [0.717, 1.165) is 12.8 Å². The Labute approximate surface area is 108 Å². The number of sulfone groups is 1. The van der Waals surface area contributed by atoms with Crippen molar-refractivity contribution in [3.05, 3.63) is 0 Å². The van der Waals surface area contributed by atoms with Crippen molar-refractivity contribution < 1.29 is 13.2 Å². The molecule has 3 N–H and O–H groups in total. The van der Waals surface area contributed by atoms with Crippen LogP contribution in [0.4, 0.5) is 4.79 Å². The minimum absolute atomic E-state index is 0.218. The summed E-state index contributed by atoms with van der Waals surface area (Å²) in [5, 5.41) is 3.45. The van der Waals surface area contributed by atoms with Crippen LogP contribution in [0, 0.1) is 0 Å². The van der Waals surface area contributed by atoms with Crippen LogP contribution < -0.4 is 11.1 Å². The first-order chi connectivity index (χ1) is 8.30. The lowest BCUT2D eigenvalue weighted by atomic mass is 9.96. The van der Waals surface area contributed by atoms with E-state index < -0.39 is 9.84 Å². The smallest absolute Gasteiger partial charge is 0.314 e. The lowest BCUT2D eigenvalue weighted by molar-refractivity contribution is 0.176. The van der Waals surface area contributed by atoms with Gasteiger partial charge < -0.3 is 16.0 Å². The molecule has 104 valence electrons. The van der Waals surface area contributed by atoms with Gasteiger partial charge in [0.2, 0.25) is 0 Å². The molecule has 0 radical (unpaired) electrons. The molecule has 2 rings (SSSR count). The van der Waals surface area contributed by atoms with E-state index in [9.17, 15) is 13.2 Å². The van der Waals surface area contributed by atoms with Gasteiger partial charge in [-0.05, 0) is 26.2 Å². The fourth-order valence-electron chi connectivity index (χ4n) is 2.86. The zero-order chi connectivity index (χ0) is 13.4. The van der Waals surface area contributed by atoms with Gasteiger partial charge in [-0.3, -0.25) is 0 Å². The number of amides is 2. The monoisotopic (exact) mass is 275 g/mol. The molecule has 6 nitrogen and oxygen atoms in total. The van der Waals surface area contributed by atoms with Crippen molar-refractivity contribution in [1.29, 1.82) is 0 Å². The van der Waals surface area contributed by atoms with E-state index in [4.69, 9.17) is 5.73 Å².